The van der Waals surface area contributed by atoms with E-state index in [0.717, 1.165) is 12.8 Å². The van der Waals surface area contributed by atoms with Crippen molar-refractivity contribution in [3.63, 3.8) is 0 Å². The fourth-order valence-corrected chi connectivity index (χ4v) is 2.34. The van der Waals surface area contributed by atoms with E-state index in [0.29, 0.717) is 27.9 Å². The zero-order chi connectivity index (χ0) is 17.1. The van der Waals surface area contributed by atoms with Crippen LogP contribution in [0.4, 0.5) is 11.6 Å². The molecule has 0 aliphatic heterocycles. The molecule has 0 radical (unpaired) electrons. The Morgan fingerprint density at radius 1 is 1.25 bits per heavy atom. The molecular formula is C16H17ClN4O3. The molecule has 1 aliphatic carbocycles. The summed E-state index contributed by atoms with van der Waals surface area (Å²) in [6.07, 6.45) is 3.56. The third kappa shape index (κ3) is 3.68. The summed E-state index contributed by atoms with van der Waals surface area (Å²) >= 11 is 6.09. The Labute approximate surface area is 144 Å². The summed E-state index contributed by atoms with van der Waals surface area (Å²) in [6.45, 7) is 0. The Bertz CT molecular complexity index is 765. The smallest absolute Gasteiger partial charge is 0.270 e. The molecule has 0 unspecified atom stereocenters. The summed E-state index contributed by atoms with van der Waals surface area (Å²) in [4.78, 5) is 20.4. The zero-order valence-corrected chi connectivity index (χ0v) is 14.1. The van der Waals surface area contributed by atoms with Gasteiger partial charge in [-0.3, -0.25) is 4.79 Å². The highest BCUT2D eigenvalue weighted by atomic mass is 35.5. The molecule has 1 saturated carbocycles. The van der Waals surface area contributed by atoms with Crippen molar-refractivity contribution in [1.82, 2.24) is 15.3 Å². The number of anilines is 2. The van der Waals surface area contributed by atoms with Gasteiger partial charge in [0.1, 0.15) is 17.2 Å². The van der Waals surface area contributed by atoms with Crippen LogP contribution in [0.25, 0.3) is 0 Å². The summed E-state index contributed by atoms with van der Waals surface area (Å²) in [5.74, 6) is 1.07. The molecule has 0 atom stereocenters. The van der Waals surface area contributed by atoms with Crippen LogP contribution in [0.3, 0.4) is 0 Å². The standard InChI is InChI=1S/C16H17ClN4O3/c1-23-13-8-12(14(24-2)7-10(13)17)21-16-18-6-5-11(20-16)15(22)19-9-3-4-9/h5-9H,3-4H2,1-2H3,(H,19,22)(H,18,20,21). The van der Waals surface area contributed by atoms with Crippen molar-refractivity contribution in [1.29, 1.82) is 0 Å². The third-order valence-electron chi connectivity index (χ3n) is 3.52. The molecule has 3 rings (SSSR count). The van der Waals surface area contributed by atoms with Crippen molar-refractivity contribution in [3.8, 4) is 11.5 Å². The van der Waals surface area contributed by atoms with Gasteiger partial charge in [-0.1, -0.05) is 11.6 Å². The lowest BCUT2D eigenvalue weighted by molar-refractivity contribution is 0.0946. The van der Waals surface area contributed by atoms with E-state index in [4.69, 9.17) is 21.1 Å². The number of benzene rings is 1. The van der Waals surface area contributed by atoms with Gasteiger partial charge >= 0.3 is 0 Å². The van der Waals surface area contributed by atoms with Gasteiger partial charge in [0.15, 0.2) is 0 Å². The van der Waals surface area contributed by atoms with Crippen LogP contribution in [0.5, 0.6) is 11.5 Å². The maximum absolute atomic E-state index is 12.1. The van der Waals surface area contributed by atoms with Crippen LogP contribution in [0.2, 0.25) is 5.02 Å². The second-order valence-electron chi connectivity index (χ2n) is 5.33. The van der Waals surface area contributed by atoms with Gasteiger partial charge in [-0.05, 0) is 18.9 Å². The van der Waals surface area contributed by atoms with Gasteiger partial charge in [0, 0.05) is 24.4 Å². The lowest BCUT2D eigenvalue weighted by Crippen LogP contribution is -2.26. The predicted molar refractivity (Wildman–Crippen MR) is 90.4 cm³/mol. The number of halogens is 1. The fourth-order valence-electron chi connectivity index (χ4n) is 2.11. The number of hydrogen-bond donors (Lipinski definition) is 2. The summed E-state index contributed by atoms with van der Waals surface area (Å²) in [6, 6.07) is 5.15. The summed E-state index contributed by atoms with van der Waals surface area (Å²) in [5.41, 5.74) is 0.887. The maximum atomic E-state index is 12.1. The van der Waals surface area contributed by atoms with Crippen LogP contribution in [0.15, 0.2) is 24.4 Å². The molecule has 8 heteroatoms. The normalized spacial score (nSPS) is 13.3. The number of carbonyl (C=O) groups excluding carboxylic acids is 1. The minimum Gasteiger partial charge on any atom is -0.495 e. The zero-order valence-electron chi connectivity index (χ0n) is 13.3. The Balaban J connectivity index is 1.84. The van der Waals surface area contributed by atoms with Gasteiger partial charge in [-0.2, -0.15) is 0 Å². The third-order valence-corrected chi connectivity index (χ3v) is 3.82. The largest absolute Gasteiger partial charge is 0.495 e. The molecule has 0 saturated heterocycles. The molecule has 2 aromatic rings. The summed E-state index contributed by atoms with van der Waals surface area (Å²) < 4.78 is 10.5. The number of hydrogen-bond acceptors (Lipinski definition) is 6. The van der Waals surface area contributed by atoms with Crippen LogP contribution in [0.1, 0.15) is 23.3 Å². The van der Waals surface area contributed by atoms with E-state index in [9.17, 15) is 4.79 Å². The second kappa shape index (κ2) is 6.92. The quantitative estimate of drug-likeness (QED) is 0.835. The van der Waals surface area contributed by atoms with Gasteiger partial charge in [-0.15, -0.1) is 0 Å². The number of amides is 1. The highest BCUT2D eigenvalue weighted by molar-refractivity contribution is 6.32. The number of nitrogens with zero attached hydrogens (tertiary/aromatic N) is 2. The fraction of sp³-hybridized carbons (Fsp3) is 0.312. The minimum atomic E-state index is -0.205. The highest BCUT2D eigenvalue weighted by Crippen LogP contribution is 2.36. The van der Waals surface area contributed by atoms with Crippen molar-refractivity contribution in [2.24, 2.45) is 0 Å². The van der Waals surface area contributed by atoms with Crippen molar-refractivity contribution < 1.29 is 14.3 Å². The lowest BCUT2D eigenvalue weighted by Gasteiger charge is -2.13. The molecule has 1 heterocycles. The van der Waals surface area contributed by atoms with E-state index in [1.54, 1.807) is 18.2 Å². The van der Waals surface area contributed by atoms with E-state index in [1.165, 1.54) is 20.4 Å². The van der Waals surface area contributed by atoms with Gasteiger partial charge < -0.3 is 20.1 Å². The topological polar surface area (TPSA) is 85.4 Å². The first-order chi connectivity index (χ1) is 11.6. The number of aromatic nitrogens is 2. The van der Waals surface area contributed by atoms with E-state index in [2.05, 4.69) is 20.6 Å². The minimum absolute atomic E-state index is 0.205. The summed E-state index contributed by atoms with van der Waals surface area (Å²) in [7, 11) is 3.06. The number of carbonyl (C=O) groups is 1. The second-order valence-corrected chi connectivity index (χ2v) is 5.73. The highest BCUT2D eigenvalue weighted by Gasteiger charge is 2.24. The van der Waals surface area contributed by atoms with Crippen LogP contribution >= 0.6 is 11.6 Å². The molecule has 0 bridgehead atoms. The monoisotopic (exact) mass is 348 g/mol. The molecule has 2 N–H and O–H groups in total. The van der Waals surface area contributed by atoms with Crippen molar-refractivity contribution in [2.75, 3.05) is 19.5 Å². The molecular weight excluding hydrogens is 332 g/mol. The number of rotatable bonds is 6. The molecule has 1 aromatic carbocycles. The Morgan fingerprint density at radius 3 is 2.67 bits per heavy atom. The van der Waals surface area contributed by atoms with Crippen molar-refractivity contribution in [2.45, 2.75) is 18.9 Å². The average Bonchev–Trinajstić information content (AvgIpc) is 3.40. The SMILES string of the molecule is COc1cc(Nc2nccc(C(=O)NC3CC3)n2)c(OC)cc1Cl. The van der Waals surface area contributed by atoms with Crippen LogP contribution in [-0.4, -0.2) is 36.1 Å². The first-order valence-electron chi connectivity index (χ1n) is 7.43. The Morgan fingerprint density at radius 2 is 2.00 bits per heavy atom. The first-order valence-corrected chi connectivity index (χ1v) is 7.81. The van der Waals surface area contributed by atoms with Gasteiger partial charge in [-0.25, -0.2) is 9.97 Å². The number of ether oxygens (including phenoxy) is 2. The van der Waals surface area contributed by atoms with E-state index < -0.39 is 0 Å². The van der Waals surface area contributed by atoms with Crippen LogP contribution in [0, 0.1) is 0 Å². The first kappa shape index (κ1) is 16.3. The molecule has 24 heavy (non-hydrogen) atoms. The van der Waals surface area contributed by atoms with Crippen molar-refractivity contribution >= 4 is 29.1 Å². The summed E-state index contributed by atoms with van der Waals surface area (Å²) in [5, 5.41) is 6.34. The number of nitrogens with one attached hydrogen (secondary N) is 2. The van der Waals surface area contributed by atoms with Crippen molar-refractivity contribution in [3.05, 3.63) is 35.1 Å². The average molecular weight is 349 g/mol. The lowest BCUT2D eigenvalue weighted by atomic mass is 10.2. The Hall–Kier alpha value is -2.54. The Kier molecular flexibility index (Phi) is 4.71. The molecule has 0 spiro atoms. The van der Waals surface area contributed by atoms with Gasteiger partial charge in [0.05, 0.1) is 24.9 Å². The molecule has 7 nitrogen and oxygen atoms in total. The van der Waals surface area contributed by atoms with Gasteiger partial charge in [0.25, 0.3) is 5.91 Å². The predicted octanol–water partition coefficient (Wildman–Crippen LogP) is 2.78. The van der Waals surface area contributed by atoms with E-state index in [1.807, 2.05) is 0 Å². The van der Waals surface area contributed by atoms with Crippen LogP contribution in [-0.2, 0) is 0 Å². The van der Waals surface area contributed by atoms with Gasteiger partial charge in [0.2, 0.25) is 5.95 Å². The maximum Gasteiger partial charge on any atom is 0.270 e. The number of methoxy groups -OCH3 is 2. The molecule has 126 valence electrons. The molecule has 1 aliphatic rings. The van der Waals surface area contributed by atoms with E-state index in [-0.39, 0.29) is 17.9 Å². The molecule has 1 amide bonds. The molecule has 1 fully saturated rings. The molecule has 1 aromatic heterocycles. The van der Waals surface area contributed by atoms with Crippen LogP contribution < -0.4 is 20.1 Å². The van der Waals surface area contributed by atoms with E-state index >= 15 is 0 Å².